The highest BCUT2D eigenvalue weighted by atomic mass is 19.4. The summed E-state index contributed by atoms with van der Waals surface area (Å²) >= 11 is 0. The minimum atomic E-state index is -4.52. The van der Waals surface area contributed by atoms with Gasteiger partial charge in [-0.3, -0.25) is 9.80 Å². The minimum Gasteiger partial charge on any atom is -0.446 e. The van der Waals surface area contributed by atoms with Crippen molar-refractivity contribution in [3.8, 4) is 0 Å². The van der Waals surface area contributed by atoms with E-state index in [-0.39, 0.29) is 53.2 Å². The standard InChI is InChI=1S/C25H30F3N5O2/c1-17-12-32(22-29-10-20(11-30-22)25(26,27)28)13-18(2)33(17)23(34)35-21-8-24(9-21)15-31(16-24)14-19-6-4-3-5-7-19/h3-7,10-11,17-18,21H,8-9,12-16H2,1-2H3/t17-,18+/i3D,4D,6D,14D2. The first-order valence-electron chi connectivity index (χ1n) is 14.1. The Morgan fingerprint density at radius 1 is 1.20 bits per heavy atom. The van der Waals surface area contributed by atoms with Gasteiger partial charge in [0.15, 0.2) is 0 Å². The van der Waals surface area contributed by atoms with Gasteiger partial charge in [0.1, 0.15) is 6.10 Å². The molecule has 1 aromatic carbocycles. The van der Waals surface area contributed by atoms with E-state index in [0.29, 0.717) is 39.0 Å². The normalized spacial score (nSPS) is 27.2. The van der Waals surface area contributed by atoms with Crippen LogP contribution in [0.1, 0.15) is 44.7 Å². The maximum absolute atomic E-state index is 13.0. The molecular weight excluding hydrogens is 459 g/mol. The number of benzene rings is 1. The number of halogens is 3. The van der Waals surface area contributed by atoms with E-state index in [1.807, 2.05) is 13.8 Å². The third-order valence-electron chi connectivity index (χ3n) is 6.90. The van der Waals surface area contributed by atoms with Gasteiger partial charge >= 0.3 is 12.3 Å². The van der Waals surface area contributed by atoms with Gasteiger partial charge in [0, 0.05) is 53.2 Å². The number of nitrogens with zero attached hydrogens (tertiary/aromatic N) is 5. The predicted octanol–water partition coefficient (Wildman–Crippen LogP) is 4.20. The van der Waals surface area contributed by atoms with E-state index in [9.17, 15) is 18.0 Å². The molecule has 5 rings (SSSR count). The maximum Gasteiger partial charge on any atom is 0.419 e. The fourth-order valence-corrected chi connectivity index (χ4v) is 5.32. The molecule has 0 bridgehead atoms. The van der Waals surface area contributed by atoms with Gasteiger partial charge in [-0.2, -0.15) is 13.2 Å². The molecule has 0 unspecified atom stereocenters. The van der Waals surface area contributed by atoms with Crippen molar-refractivity contribution in [1.82, 2.24) is 19.8 Å². The van der Waals surface area contributed by atoms with Crippen LogP contribution in [0.2, 0.25) is 0 Å². The van der Waals surface area contributed by atoms with Crippen LogP contribution in [0.25, 0.3) is 0 Å². The van der Waals surface area contributed by atoms with Crippen LogP contribution < -0.4 is 4.90 Å². The molecule has 10 heteroatoms. The average molecular weight is 495 g/mol. The molecular formula is C25H30F3N5O2. The van der Waals surface area contributed by atoms with E-state index in [1.165, 1.54) is 12.1 Å². The molecule has 3 heterocycles. The van der Waals surface area contributed by atoms with Crippen molar-refractivity contribution in [1.29, 1.82) is 0 Å². The molecule has 2 atom stereocenters. The number of amides is 1. The second-order valence-corrected chi connectivity index (χ2v) is 9.80. The Morgan fingerprint density at radius 2 is 1.86 bits per heavy atom. The average Bonchev–Trinajstić information content (AvgIpc) is 2.82. The molecule has 2 saturated heterocycles. The Labute approximate surface area is 209 Å². The summed E-state index contributed by atoms with van der Waals surface area (Å²) in [6.45, 7) is 3.25. The highest BCUT2D eigenvalue weighted by molar-refractivity contribution is 5.69. The lowest BCUT2D eigenvalue weighted by Crippen LogP contribution is -2.65. The van der Waals surface area contributed by atoms with Crippen molar-refractivity contribution in [3.63, 3.8) is 0 Å². The molecule has 1 aromatic heterocycles. The largest absolute Gasteiger partial charge is 0.446 e. The minimum absolute atomic E-state index is 0.0643. The van der Waals surface area contributed by atoms with Crippen molar-refractivity contribution < 1.29 is 29.6 Å². The topological polar surface area (TPSA) is 61.8 Å². The van der Waals surface area contributed by atoms with Crippen molar-refractivity contribution >= 4 is 12.0 Å². The lowest BCUT2D eigenvalue weighted by atomic mass is 9.61. The summed E-state index contributed by atoms with van der Waals surface area (Å²) in [6, 6.07) is 1.43. The number of carbonyl (C=O) groups is 1. The monoisotopic (exact) mass is 494 g/mol. The van der Waals surface area contributed by atoms with Crippen LogP contribution in [-0.4, -0.2) is 70.2 Å². The molecule has 0 radical (unpaired) electrons. The number of anilines is 1. The zero-order valence-electron chi connectivity index (χ0n) is 24.5. The summed E-state index contributed by atoms with van der Waals surface area (Å²) in [5, 5.41) is 0. The maximum atomic E-state index is 13.0. The first kappa shape index (κ1) is 18.4. The zero-order valence-corrected chi connectivity index (χ0v) is 19.5. The van der Waals surface area contributed by atoms with Gasteiger partial charge in [-0.15, -0.1) is 0 Å². The second-order valence-electron chi connectivity index (χ2n) is 9.80. The summed E-state index contributed by atoms with van der Waals surface area (Å²) in [5.74, 6) is 0.169. The summed E-state index contributed by atoms with van der Waals surface area (Å²) < 4.78 is 84.9. The first-order valence-corrected chi connectivity index (χ1v) is 11.6. The second kappa shape index (κ2) is 8.96. The molecule has 0 N–H and O–H groups in total. The Morgan fingerprint density at radius 3 is 2.49 bits per heavy atom. The molecule has 1 aliphatic carbocycles. The number of ether oxygens (including phenoxy) is 1. The van der Waals surface area contributed by atoms with E-state index < -0.39 is 24.3 Å². The van der Waals surface area contributed by atoms with Gasteiger partial charge in [0.05, 0.1) is 21.8 Å². The van der Waals surface area contributed by atoms with Gasteiger partial charge in [-0.05, 0) is 32.3 Å². The van der Waals surface area contributed by atoms with E-state index in [0.717, 1.165) is 12.4 Å². The van der Waals surface area contributed by atoms with E-state index in [2.05, 4.69) is 9.97 Å². The van der Waals surface area contributed by atoms with Crippen LogP contribution in [0.15, 0.2) is 42.7 Å². The molecule has 3 aliphatic rings. The van der Waals surface area contributed by atoms with Crippen LogP contribution in [0.4, 0.5) is 23.9 Å². The van der Waals surface area contributed by atoms with Crippen LogP contribution >= 0.6 is 0 Å². The molecule has 1 amide bonds. The highest BCUT2D eigenvalue weighted by Gasteiger charge is 2.54. The van der Waals surface area contributed by atoms with Crippen LogP contribution in [0, 0.1) is 5.41 Å². The fourth-order valence-electron chi connectivity index (χ4n) is 5.32. The zero-order chi connectivity index (χ0) is 29.2. The van der Waals surface area contributed by atoms with E-state index in [4.69, 9.17) is 11.6 Å². The number of likely N-dealkylation sites (tertiary alicyclic amines) is 1. The van der Waals surface area contributed by atoms with E-state index in [1.54, 1.807) is 14.7 Å². The fraction of sp³-hybridized carbons (Fsp3) is 0.560. The number of hydrogen-bond donors (Lipinski definition) is 0. The molecule has 2 aliphatic heterocycles. The Hall–Kier alpha value is -2.88. The number of hydrogen-bond acceptors (Lipinski definition) is 6. The third-order valence-corrected chi connectivity index (χ3v) is 6.90. The molecule has 3 fully saturated rings. The number of carbonyl (C=O) groups excluding carboxylic acids is 1. The van der Waals surface area contributed by atoms with Gasteiger partial charge in [0.2, 0.25) is 5.95 Å². The SMILES string of the molecule is [2H]c1ccc(C([2H])([2H])N2CC3(CC(OC(=O)N4[C@H](C)CN(c5ncc(C(F)(F)F)cn5)C[C@@H]4C)C3)C2)c([2H])c1[2H]. The Kier molecular flexibility index (Phi) is 4.71. The summed E-state index contributed by atoms with van der Waals surface area (Å²) in [6.07, 6.45) is -2.58. The van der Waals surface area contributed by atoms with Gasteiger partial charge in [-0.25, -0.2) is 14.8 Å². The third kappa shape index (κ3) is 4.94. The number of alkyl halides is 3. The Balaban J connectivity index is 1.13. The lowest BCUT2D eigenvalue weighted by Gasteiger charge is -2.58. The quantitative estimate of drug-likeness (QED) is 0.635. The molecule has 1 spiro atoms. The summed E-state index contributed by atoms with van der Waals surface area (Å²) in [4.78, 5) is 25.8. The molecule has 35 heavy (non-hydrogen) atoms. The van der Waals surface area contributed by atoms with Crippen LogP contribution in [-0.2, 0) is 17.4 Å². The predicted molar refractivity (Wildman–Crippen MR) is 124 cm³/mol. The molecule has 1 saturated carbocycles. The van der Waals surface area contributed by atoms with Crippen LogP contribution in [0.3, 0.4) is 0 Å². The number of rotatable bonds is 4. The van der Waals surface area contributed by atoms with Crippen LogP contribution in [0.5, 0.6) is 0 Å². The first-order chi connectivity index (χ1) is 18.6. The van der Waals surface area contributed by atoms with Crippen molar-refractivity contribution in [2.75, 3.05) is 31.1 Å². The Bertz CT molecular complexity index is 1270. The van der Waals surface area contributed by atoms with Crippen molar-refractivity contribution in [3.05, 3.63) is 53.8 Å². The number of aromatic nitrogens is 2. The lowest BCUT2D eigenvalue weighted by molar-refractivity contribution is -0.138. The highest BCUT2D eigenvalue weighted by Crippen LogP contribution is 2.50. The molecule has 7 nitrogen and oxygen atoms in total. The van der Waals surface area contributed by atoms with Gasteiger partial charge in [-0.1, -0.05) is 30.3 Å². The molecule has 188 valence electrons. The summed E-state index contributed by atoms with van der Waals surface area (Å²) in [5.41, 5.74) is -1.03. The summed E-state index contributed by atoms with van der Waals surface area (Å²) in [7, 11) is 0. The smallest absolute Gasteiger partial charge is 0.419 e. The van der Waals surface area contributed by atoms with Gasteiger partial charge in [0.25, 0.3) is 0 Å². The van der Waals surface area contributed by atoms with E-state index >= 15 is 0 Å². The van der Waals surface area contributed by atoms with Crippen molar-refractivity contribution in [2.45, 2.75) is 57.5 Å². The molecule has 2 aromatic rings. The van der Waals surface area contributed by atoms with Crippen molar-refractivity contribution in [2.24, 2.45) is 5.41 Å². The van der Waals surface area contributed by atoms with Gasteiger partial charge < -0.3 is 9.64 Å². The number of piperazine rings is 1.